The van der Waals surface area contributed by atoms with E-state index in [-0.39, 0.29) is 30.1 Å². The van der Waals surface area contributed by atoms with Crippen molar-refractivity contribution < 1.29 is 24.5 Å². The van der Waals surface area contributed by atoms with E-state index in [1.54, 1.807) is 7.11 Å². The Morgan fingerprint density at radius 3 is 2.56 bits per heavy atom. The molecule has 0 amide bonds. The second-order valence-electron chi connectivity index (χ2n) is 8.08. The van der Waals surface area contributed by atoms with Gasteiger partial charge in [0.25, 0.3) is 0 Å². The van der Waals surface area contributed by atoms with Crippen LogP contribution < -0.4 is 0 Å². The summed E-state index contributed by atoms with van der Waals surface area (Å²) in [6.07, 6.45) is 14.2. The van der Waals surface area contributed by atoms with Gasteiger partial charge in [0.2, 0.25) is 0 Å². The maximum atomic E-state index is 12.4. The molecular weight excluding hydrogens is 344 g/mol. The van der Waals surface area contributed by atoms with Gasteiger partial charge in [-0.1, -0.05) is 51.2 Å². The average Bonchev–Trinajstić information content (AvgIpc) is 2.92. The first-order valence-corrected chi connectivity index (χ1v) is 10.5. The van der Waals surface area contributed by atoms with Crippen LogP contribution in [0.4, 0.5) is 0 Å². The van der Waals surface area contributed by atoms with E-state index in [4.69, 9.17) is 9.84 Å². The van der Waals surface area contributed by atoms with Gasteiger partial charge in [-0.25, -0.2) is 4.79 Å². The largest absolute Gasteiger partial charge is 0.479 e. The summed E-state index contributed by atoms with van der Waals surface area (Å²) in [6.45, 7) is 3.54. The third-order valence-corrected chi connectivity index (χ3v) is 5.73. The number of carboxylic acids is 1. The number of aliphatic carboxylic acids is 1. The molecule has 4 atom stereocenters. The van der Waals surface area contributed by atoms with Gasteiger partial charge in [-0.05, 0) is 39.0 Å². The van der Waals surface area contributed by atoms with Crippen LogP contribution in [0.5, 0.6) is 0 Å². The van der Waals surface area contributed by atoms with Crippen LogP contribution in [-0.4, -0.2) is 40.8 Å². The van der Waals surface area contributed by atoms with Gasteiger partial charge < -0.3 is 14.9 Å². The van der Waals surface area contributed by atoms with Crippen LogP contribution in [0.25, 0.3) is 0 Å². The molecule has 0 radical (unpaired) electrons. The molecule has 0 aliphatic heterocycles. The van der Waals surface area contributed by atoms with Crippen LogP contribution in [-0.2, 0) is 14.3 Å². The minimum Gasteiger partial charge on any atom is -0.479 e. The van der Waals surface area contributed by atoms with Crippen LogP contribution in [0, 0.1) is 11.8 Å². The zero-order chi connectivity index (χ0) is 20.3. The fourth-order valence-corrected chi connectivity index (χ4v) is 3.87. The van der Waals surface area contributed by atoms with Crippen molar-refractivity contribution in [3.8, 4) is 0 Å². The van der Waals surface area contributed by atoms with E-state index < -0.39 is 11.6 Å². The van der Waals surface area contributed by atoms with Crippen LogP contribution in [0.2, 0.25) is 0 Å². The molecule has 1 unspecified atom stereocenters. The topological polar surface area (TPSA) is 83.8 Å². The fraction of sp³-hybridized carbons (Fsp3) is 0.818. The predicted octanol–water partition coefficient (Wildman–Crippen LogP) is 4.52. The number of carboxylic acid groups (broad SMARTS) is 1. The predicted molar refractivity (Wildman–Crippen MR) is 107 cm³/mol. The standard InChI is InChI=1S/C22H38O5/c1-4-5-6-7-8-10-14-18-17(19(23)16-20(18)27-3)13-11-9-12-15-22(2,26)21(24)25/h10,14,17-18,20,26H,4-9,11-13,15-16H2,1-3H3,(H,24,25)/t17-,18-,20-,22?/m1/s1. The third-order valence-electron chi connectivity index (χ3n) is 5.73. The lowest BCUT2D eigenvalue weighted by molar-refractivity contribution is -0.157. The molecule has 0 saturated heterocycles. The van der Waals surface area contributed by atoms with Gasteiger partial charge in [0.1, 0.15) is 5.78 Å². The molecule has 1 rings (SSSR count). The number of ether oxygens (including phenoxy) is 1. The SMILES string of the molecule is CCCCCCC=C[C@H]1[C@H](OC)CC(=O)[C@@H]1CCCCCC(C)(O)C(=O)O. The molecule has 27 heavy (non-hydrogen) atoms. The molecule has 2 N–H and O–H groups in total. The van der Waals surface area contributed by atoms with E-state index in [1.165, 1.54) is 32.6 Å². The number of aliphatic hydroxyl groups is 1. The number of ketones is 1. The van der Waals surface area contributed by atoms with Gasteiger partial charge in [0.15, 0.2) is 5.60 Å². The lowest BCUT2D eigenvalue weighted by atomic mass is 9.88. The number of unbranched alkanes of at least 4 members (excludes halogenated alkanes) is 6. The number of hydrogen-bond donors (Lipinski definition) is 2. The maximum absolute atomic E-state index is 12.4. The summed E-state index contributed by atoms with van der Waals surface area (Å²) in [5, 5.41) is 18.7. The first-order valence-electron chi connectivity index (χ1n) is 10.5. The van der Waals surface area contributed by atoms with E-state index in [0.29, 0.717) is 12.8 Å². The molecule has 0 heterocycles. The summed E-state index contributed by atoms with van der Waals surface area (Å²) in [7, 11) is 1.68. The van der Waals surface area contributed by atoms with Crippen molar-refractivity contribution in [2.75, 3.05) is 7.11 Å². The van der Waals surface area contributed by atoms with Crippen molar-refractivity contribution in [1.29, 1.82) is 0 Å². The quantitative estimate of drug-likeness (QED) is 0.341. The lowest BCUT2D eigenvalue weighted by Crippen LogP contribution is -2.34. The summed E-state index contributed by atoms with van der Waals surface area (Å²) in [5.41, 5.74) is -1.66. The Morgan fingerprint density at radius 1 is 1.22 bits per heavy atom. The van der Waals surface area contributed by atoms with Crippen LogP contribution in [0.3, 0.4) is 0 Å². The van der Waals surface area contributed by atoms with Crippen LogP contribution in [0.15, 0.2) is 12.2 Å². The van der Waals surface area contributed by atoms with Gasteiger partial charge in [-0.3, -0.25) is 4.79 Å². The number of carbonyl (C=O) groups excluding carboxylic acids is 1. The summed E-state index contributed by atoms with van der Waals surface area (Å²) >= 11 is 0. The van der Waals surface area contributed by atoms with Gasteiger partial charge in [-0.15, -0.1) is 0 Å². The molecule has 5 heteroatoms. The minimum absolute atomic E-state index is 0.00169. The highest BCUT2D eigenvalue weighted by Gasteiger charge is 2.40. The average molecular weight is 383 g/mol. The Bertz CT molecular complexity index is 483. The summed E-state index contributed by atoms with van der Waals surface area (Å²) in [5.74, 6) is -0.752. The Hall–Kier alpha value is -1.20. The second kappa shape index (κ2) is 12.3. The first-order chi connectivity index (χ1) is 12.8. The highest BCUT2D eigenvalue weighted by atomic mass is 16.5. The van der Waals surface area contributed by atoms with E-state index in [1.807, 2.05) is 0 Å². The molecule has 0 aromatic heterocycles. The molecule has 1 fully saturated rings. The van der Waals surface area contributed by atoms with Crippen molar-refractivity contribution in [2.45, 2.75) is 96.2 Å². The molecular formula is C22H38O5. The van der Waals surface area contributed by atoms with Crippen molar-refractivity contribution in [1.82, 2.24) is 0 Å². The zero-order valence-corrected chi connectivity index (χ0v) is 17.3. The number of hydrogen-bond acceptors (Lipinski definition) is 4. The highest BCUT2D eigenvalue weighted by molar-refractivity contribution is 5.84. The molecule has 0 aromatic carbocycles. The molecule has 0 spiro atoms. The van der Waals surface area contributed by atoms with Gasteiger partial charge in [-0.2, -0.15) is 0 Å². The van der Waals surface area contributed by atoms with E-state index in [9.17, 15) is 14.7 Å². The molecule has 0 aromatic rings. The van der Waals surface area contributed by atoms with Crippen molar-refractivity contribution in [2.24, 2.45) is 11.8 Å². The van der Waals surface area contributed by atoms with Gasteiger partial charge in [0, 0.05) is 25.4 Å². The third kappa shape index (κ3) is 8.14. The Morgan fingerprint density at radius 2 is 1.93 bits per heavy atom. The Kier molecular flexibility index (Phi) is 10.9. The zero-order valence-electron chi connectivity index (χ0n) is 17.3. The lowest BCUT2D eigenvalue weighted by Gasteiger charge is -2.20. The van der Waals surface area contributed by atoms with Crippen LogP contribution in [0.1, 0.15) is 84.5 Å². The number of rotatable bonds is 14. The number of allylic oxidation sites excluding steroid dienone is 1. The Labute approximate surface area is 164 Å². The van der Waals surface area contributed by atoms with Crippen molar-refractivity contribution in [3.05, 3.63) is 12.2 Å². The number of Topliss-reactive ketones (excluding diaryl/α,β-unsaturated/α-hetero) is 1. The summed E-state index contributed by atoms with van der Waals surface area (Å²) < 4.78 is 5.55. The first kappa shape index (κ1) is 23.8. The number of carbonyl (C=O) groups is 2. The van der Waals surface area contributed by atoms with E-state index in [2.05, 4.69) is 19.1 Å². The van der Waals surface area contributed by atoms with Crippen molar-refractivity contribution >= 4 is 11.8 Å². The van der Waals surface area contributed by atoms with E-state index in [0.717, 1.165) is 25.7 Å². The second-order valence-corrected chi connectivity index (χ2v) is 8.08. The highest BCUT2D eigenvalue weighted by Crippen LogP contribution is 2.36. The monoisotopic (exact) mass is 382 g/mol. The fourth-order valence-electron chi connectivity index (χ4n) is 3.87. The summed E-state index contributed by atoms with van der Waals surface area (Å²) in [6, 6.07) is 0. The van der Waals surface area contributed by atoms with Gasteiger partial charge >= 0.3 is 5.97 Å². The Balaban J connectivity index is 2.44. The molecule has 5 nitrogen and oxygen atoms in total. The van der Waals surface area contributed by atoms with Crippen molar-refractivity contribution in [3.63, 3.8) is 0 Å². The molecule has 1 aliphatic carbocycles. The van der Waals surface area contributed by atoms with Gasteiger partial charge in [0.05, 0.1) is 6.10 Å². The smallest absolute Gasteiger partial charge is 0.335 e. The molecule has 1 saturated carbocycles. The molecule has 156 valence electrons. The number of methoxy groups -OCH3 is 1. The van der Waals surface area contributed by atoms with Crippen LogP contribution >= 0.6 is 0 Å². The van der Waals surface area contributed by atoms with E-state index >= 15 is 0 Å². The maximum Gasteiger partial charge on any atom is 0.335 e. The molecule has 1 aliphatic rings. The summed E-state index contributed by atoms with van der Waals surface area (Å²) in [4.78, 5) is 23.3. The minimum atomic E-state index is -1.66. The molecule has 0 bridgehead atoms. The normalized spacial score (nSPS) is 25.2.